The summed E-state index contributed by atoms with van der Waals surface area (Å²) < 4.78 is 7.43. The molecule has 1 saturated carbocycles. The number of rotatable bonds is 4. The van der Waals surface area contributed by atoms with Crippen LogP contribution in [0, 0.1) is 5.41 Å². The van der Waals surface area contributed by atoms with Gasteiger partial charge in [-0.15, -0.1) is 0 Å². The normalized spacial score (nSPS) is 17.9. The zero-order valence-corrected chi connectivity index (χ0v) is 16.6. The SMILES string of the molecule is N=C(Cn1ccn2c(=O)cccc2c1=O)OC(=O)NC1CC(c2ccc(Cl)cc2)C1. The summed E-state index contributed by atoms with van der Waals surface area (Å²) in [5.74, 6) is -0.0163. The maximum Gasteiger partial charge on any atom is 0.413 e. The van der Waals surface area contributed by atoms with Gasteiger partial charge in [0.15, 0.2) is 0 Å². The molecule has 0 unspecified atom stereocenters. The lowest BCUT2D eigenvalue weighted by molar-refractivity contribution is 0.178. The highest BCUT2D eigenvalue weighted by molar-refractivity contribution is 6.30. The van der Waals surface area contributed by atoms with E-state index in [1.165, 1.54) is 45.1 Å². The average molecular weight is 427 g/mol. The van der Waals surface area contributed by atoms with Gasteiger partial charge in [-0.1, -0.05) is 29.8 Å². The standard InChI is InChI=1S/C21H19ClN4O4/c22-15-6-4-13(5-7-15)14-10-16(11-14)24-21(29)30-18(23)12-25-8-9-26-17(20(25)28)2-1-3-19(26)27/h1-9,14,16,23H,10-12H2,(H,24,29). The third-order valence-electron chi connectivity index (χ3n) is 5.20. The molecule has 0 spiro atoms. The predicted octanol–water partition coefficient (Wildman–Crippen LogP) is 2.76. The highest BCUT2D eigenvalue weighted by Crippen LogP contribution is 2.37. The number of alkyl carbamates (subject to hydrolysis) is 1. The van der Waals surface area contributed by atoms with Gasteiger partial charge < -0.3 is 14.6 Å². The van der Waals surface area contributed by atoms with Crippen LogP contribution < -0.4 is 16.4 Å². The summed E-state index contributed by atoms with van der Waals surface area (Å²) in [5, 5.41) is 11.3. The molecule has 9 heteroatoms. The van der Waals surface area contributed by atoms with Crippen molar-refractivity contribution in [2.75, 3.05) is 0 Å². The number of nitrogens with zero attached hydrogens (tertiary/aromatic N) is 2. The predicted molar refractivity (Wildman–Crippen MR) is 112 cm³/mol. The first-order chi connectivity index (χ1) is 14.4. The van der Waals surface area contributed by atoms with Crippen molar-refractivity contribution in [3.8, 4) is 0 Å². The molecule has 0 radical (unpaired) electrons. The van der Waals surface area contributed by atoms with E-state index in [1.54, 1.807) is 0 Å². The van der Waals surface area contributed by atoms with E-state index in [4.69, 9.17) is 21.7 Å². The van der Waals surface area contributed by atoms with Gasteiger partial charge >= 0.3 is 6.09 Å². The summed E-state index contributed by atoms with van der Waals surface area (Å²) >= 11 is 5.90. The van der Waals surface area contributed by atoms with E-state index in [0.717, 1.165) is 12.8 Å². The minimum Gasteiger partial charge on any atom is -0.394 e. The highest BCUT2D eigenvalue weighted by Gasteiger charge is 2.32. The number of amides is 1. The summed E-state index contributed by atoms with van der Waals surface area (Å²) in [4.78, 5) is 36.3. The van der Waals surface area contributed by atoms with Gasteiger partial charge in [-0.05, 0) is 42.5 Å². The van der Waals surface area contributed by atoms with Gasteiger partial charge in [-0.2, -0.15) is 0 Å². The van der Waals surface area contributed by atoms with E-state index in [2.05, 4.69) is 5.32 Å². The summed E-state index contributed by atoms with van der Waals surface area (Å²) in [6, 6.07) is 12.0. The van der Waals surface area contributed by atoms with Crippen LogP contribution in [0.25, 0.3) is 5.52 Å². The maximum atomic E-state index is 12.5. The molecule has 30 heavy (non-hydrogen) atoms. The number of hydrogen-bond acceptors (Lipinski definition) is 5. The van der Waals surface area contributed by atoms with Crippen LogP contribution >= 0.6 is 11.6 Å². The first-order valence-corrected chi connectivity index (χ1v) is 9.80. The van der Waals surface area contributed by atoms with Crippen LogP contribution in [0.5, 0.6) is 0 Å². The van der Waals surface area contributed by atoms with Gasteiger partial charge in [0.25, 0.3) is 11.1 Å². The third-order valence-corrected chi connectivity index (χ3v) is 5.45. The molecule has 0 saturated heterocycles. The zero-order valence-electron chi connectivity index (χ0n) is 15.9. The minimum atomic E-state index is -0.718. The van der Waals surface area contributed by atoms with Crippen LogP contribution in [0.3, 0.4) is 0 Å². The lowest BCUT2D eigenvalue weighted by Gasteiger charge is -2.35. The molecule has 4 rings (SSSR count). The lowest BCUT2D eigenvalue weighted by atomic mass is 9.76. The smallest absolute Gasteiger partial charge is 0.394 e. The van der Waals surface area contributed by atoms with Gasteiger partial charge in [-0.3, -0.25) is 19.4 Å². The molecule has 1 aliphatic carbocycles. The van der Waals surface area contributed by atoms with E-state index in [9.17, 15) is 14.4 Å². The van der Waals surface area contributed by atoms with Crippen molar-refractivity contribution in [1.29, 1.82) is 5.41 Å². The molecule has 1 aromatic carbocycles. The molecule has 3 aromatic rings. The first kappa shape index (κ1) is 19.9. The lowest BCUT2D eigenvalue weighted by Crippen LogP contribution is -2.44. The number of pyridine rings is 1. The fraction of sp³-hybridized carbons (Fsp3) is 0.238. The molecule has 0 bridgehead atoms. The number of carbonyl (C=O) groups is 1. The number of aromatic nitrogens is 2. The van der Waals surface area contributed by atoms with Crippen molar-refractivity contribution < 1.29 is 9.53 Å². The molecule has 154 valence electrons. The van der Waals surface area contributed by atoms with Crippen LogP contribution in [-0.2, 0) is 11.3 Å². The molecule has 1 fully saturated rings. The van der Waals surface area contributed by atoms with Crippen LogP contribution in [0.15, 0.2) is 64.4 Å². The van der Waals surface area contributed by atoms with Crippen molar-refractivity contribution >= 4 is 29.1 Å². The summed E-state index contributed by atoms with van der Waals surface area (Å²) in [6.07, 6.45) is 3.67. The van der Waals surface area contributed by atoms with E-state index in [1.807, 2.05) is 24.3 Å². The molecule has 2 heterocycles. The van der Waals surface area contributed by atoms with Crippen molar-refractivity contribution in [2.24, 2.45) is 0 Å². The second-order valence-electron chi connectivity index (χ2n) is 7.22. The monoisotopic (exact) mass is 426 g/mol. The fourth-order valence-electron chi connectivity index (χ4n) is 3.55. The molecule has 8 nitrogen and oxygen atoms in total. The zero-order chi connectivity index (χ0) is 21.3. The second-order valence-corrected chi connectivity index (χ2v) is 7.66. The minimum absolute atomic E-state index is 0.0266. The Morgan fingerprint density at radius 3 is 2.60 bits per heavy atom. The number of halogens is 1. The van der Waals surface area contributed by atoms with Crippen LogP contribution in [0.1, 0.15) is 24.3 Å². The van der Waals surface area contributed by atoms with Gasteiger partial charge in [0.2, 0.25) is 5.90 Å². The average Bonchev–Trinajstić information content (AvgIpc) is 2.68. The van der Waals surface area contributed by atoms with Gasteiger partial charge in [-0.25, -0.2) is 4.79 Å². The number of hydrogen-bond donors (Lipinski definition) is 2. The third kappa shape index (κ3) is 4.13. The van der Waals surface area contributed by atoms with E-state index in [0.29, 0.717) is 10.9 Å². The van der Waals surface area contributed by atoms with E-state index >= 15 is 0 Å². The number of ether oxygens (including phenoxy) is 1. The Balaban J connectivity index is 1.31. The van der Waals surface area contributed by atoms with E-state index in [-0.39, 0.29) is 29.6 Å². The summed E-state index contributed by atoms with van der Waals surface area (Å²) in [5.41, 5.74) is 0.590. The van der Waals surface area contributed by atoms with Gasteiger partial charge in [0.1, 0.15) is 12.1 Å². The number of fused-ring (bicyclic) bond motifs is 1. The fourth-order valence-corrected chi connectivity index (χ4v) is 3.68. The second kappa shape index (κ2) is 8.16. The first-order valence-electron chi connectivity index (χ1n) is 9.43. The summed E-state index contributed by atoms with van der Waals surface area (Å²) in [7, 11) is 0. The Morgan fingerprint density at radius 1 is 1.13 bits per heavy atom. The number of benzene rings is 1. The van der Waals surface area contributed by atoms with Crippen molar-refractivity contribution in [3.63, 3.8) is 0 Å². The molecular weight excluding hydrogens is 408 g/mol. The largest absolute Gasteiger partial charge is 0.413 e. The Hall–Kier alpha value is -3.39. The van der Waals surface area contributed by atoms with Crippen molar-refractivity contribution in [3.05, 3.63) is 86.2 Å². The Kier molecular flexibility index (Phi) is 5.41. The Morgan fingerprint density at radius 2 is 1.87 bits per heavy atom. The topological polar surface area (TPSA) is 106 Å². The molecule has 1 aliphatic rings. The van der Waals surface area contributed by atoms with Crippen molar-refractivity contribution in [1.82, 2.24) is 14.3 Å². The molecule has 0 aliphatic heterocycles. The molecular formula is C21H19ClN4O4. The van der Waals surface area contributed by atoms with Crippen LogP contribution in [0.4, 0.5) is 4.79 Å². The number of nitrogens with one attached hydrogen (secondary N) is 2. The van der Waals surface area contributed by atoms with Gasteiger partial charge in [0.05, 0.1) is 0 Å². The molecule has 2 aromatic heterocycles. The van der Waals surface area contributed by atoms with E-state index < -0.39 is 11.7 Å². The number of carbonyl (C=O) groups excluding carboxylic acids is 1. The Labute approximate surface area is 176 Å². The van der Waals surface area contributed by atoms with Crippen molar-refractivity contribution in [2.45, 2.75) is 31.3 Å². The Bertz CT molecular complexity index is 1230. The molecule has 1 amide bonds. The van der Waals surface area contributed by atoms with Gasteiger partial charge in [0, 0.05) is 29.5 Å². The van der Waals surface area contributed by atoms with Crippen LogP contribution in [-0.4, -0.2) is 27.0 Å². The highest BCUT2D eigenvalue weighted by atomic mass is 35.5. The quantitative estimate of drug-likeness (QED) is 0.494. The van der Waals surface area contributed by atoms with Crippen LogP contribution in [0.2, 0.25) is 5.02 Å². The maximum absolute atomic E-state index is 12.5. The molecule has 2 N–H and O–H groups in total. The summed E-state index contributed by atoms with van der Waals surface area (Å²) in [6.45, 7) is -0.218. The molecule has 0 atom stereocenters.